The topological polar surface area (TPSA) is 82.9 Å². The Labute approximate surface area is 211 Å². The fourth-order valence-electron chi connectivity index (χ4n) is 5.49. The molecular weight excluding hydrogens is 459 g/mol. The van der Waals surface area contributed by atoms with Crippen LogP contribution in [0.4, 0.5) is 4.39 Å². The molecule has 6 nitrogen and oxygen atoms in total. The summed E-state index contributed by atoms with van der Waals surface area (Å²) in [4.78, 5) is 18.3. The third kappa shape index (κ3) is 6.80. The number of methoxy groups -OCH3 is 1. The van der Waals surface area contributed by atoms with Gasteiger partial charge in [-0.3, -0.25) is 9.78 Å². The standard InChI is InChI=1S/C29H35FN2O4/c1-36-24-8-9-27-26(18-24)25(11-13-31-27)28(33)10-7-21-12-15-32(19-22(21)17-29(34)35)14-3-5-20-4-2-6-23(30)16-20/h2,4,6,8-9,11,13,16,18,21-22,28,33H,3,5,7,10,12,14-15,17,19H2,1H3,(H,34,35)/t21-,22+,28-/m1/s1. The normalized spacial score (nSPS) is 19.3. The number of aliphatic carboxylic acids is 1. The Morgan fingerprint density at radius 3 is 2.86 bits per heavy atom. The lowest BCUT2D eigenvalue weighted by molar-refractivity contribution is -0.139. The monoisotopic (exact) mass is 494 g/mol. The first kappa shape index (κ1) is 26.0. The highest BCUT2D eigenvalue weighted by Gasteiger charge is 2.31. The van der Waals surface area contributed by atoms with Crippen LogP contribution in [0.5, 0.6) is 5.75 Å². The van der Waals surface area contributed by atoms with Gasteiger partial charge in [-0.2, -0.15) is 0 Å². The molecule has 0 radical (unpaired) electrons. The van der Waals surface area contributed by atoms with E-state index in [1.807, 2.05) is 30.3 Å². The summed E-state index contributed by atoms with van der Waals surface area (Å²) in [5, 5.41) is 21.5. The van der Waals surface area contributed by atoms with Crippen molar-refractivity contribution in [3.63, 3.8) is 0 Å². The molecule has 0 unspecified atom stereocenters. The molecule has 0 spiro atoms. The van der Waals surface area contributed by atoms with Gasteiger partial charge in [0.2, 0.25) is 0 Å². The second-order valence-electron chi connectivity index (χ2n) is 9.82. The van der Waals surface area contributed by atoms with Crippen LogP contribution in [0.25, 0.3) is 10.9 Å². The molecule has 2 heterocycles. The number of carboxylic acids is 1. The van der Waals surface area contributed by atoms with E-state index in [0.717, 1.165) is 73.1 Å². The van der Waals surface area contributed by atoms with Gasteiger partial charge in [-0.1, -0.05) is 12.1 Å². The molecule has 1 aliphatic heterocycles. The summed E-state index contributed by atoms with van der Waals surface area (Å²) < 4.78 is 18.8. The van der Waals surface area contributed by atoms with Crippen LogP contribution in [0.1, 0.15) is 49.3 Å². The smallest absolute Gasteiger partial charge is 0.303 e. The maximum absolute atomic E-state index is 13.4. The molecule has 1 fully saturated rings. The number of piperidine rings is 1. The van der Waals surface area contributed by atoms with Gasteiger partial charge in [-0.15, -0.1) is 0 Å². The lowest BCUT2D eigenvalue weighted by atomic mass is 9.79. The van der Waals surface area contributed by atoms with Crippen LogP contribution in [0.3, 0.4) is 0 Å². The lowest BCUT2D eigenvalue weighted by Crippen LogP contribution is -2.42. The lowest BCUT2D eigenvalue weighted by Gasteiger charge is -2.38. The number of hydrogen-bond donors (Lipinski definition) is 2. The molecule has 0 saturated carbocycles. The zero-order valence-electron chi connectivity index (χ0n) is 20.8. The average molecular weight is 495 g/mol. The van der Waals surface area contributed by atoms with Gasteiger partial charge in [0.15, 0.2) is 0 Å². The first-order chi connectivity index (χ1) is 17.4. The molecule has 3 aromatic rings. The van der Waals surface area contributed by atoms with Crippen molar-refractivity contribution in [3.8, 4) is 5.75 Å². The number of aromatic nitrogens is 1. The van der Waals surface area contributed by atoms with Gasteiger partial charge in [0.25, 0.3) is 0 Å². The van der Waals surface area contributed by atoms with Crippen molar-refractivity contribution in [2.45, 2.75) is 44.6 Å². The molecule has 7 heteroatoms. The maximum Gasteiger partial charge on any atom is 0.303 e. The largest absolute Gasteiger partial charge is 0.497 e. The van der Waals surface area contributed by atoms with Crippen LogP contribution >= 0.6 is 0 Å². The van der Waals surface area contributed by atoms with Crippen molar-refractivity contribution >= 4 is 16.9 Å². The Kier molecular flexibility index (Phi) is 8.88. The van der Waals surface area contributed by atoms with Crippen molar-refractivity contribution in [3.05, 3.63) is 71.7 Å². The van der Waals surface area contributed by atoms with Crippen LogP contribution in [0, 0.1) is 17.7 Å². The Morgan fingerprint density at radius 1 is 1.22 bits per heavy atom. The maximum atomic E-state index is 13.4. The fourth-order valence-corrected chi connectivity index (χ4v) is 5.49. The highest BCUT2D eigenvalue weighted by molar-refractivity contribution is 5.83. The van der Waals surface area contributed by atoms with E-state index in [9.17, 15) is 19.4 Å². The summed E-state index contributed by atoms with van der Waals surface area (Å²) in [6.07, 6.45) is 5.15. The number of fused-ring (bicyclic) bond motifs is 1. The highest BCUT2D eigenvalue weighted by atomic mass is 19.1. The van der Waals surface area contributed by atoms with Gasteiger partial charge in [0.1, 0.15) is 11.6 Å². The van der Waals surface area contributed by atoms with Gasteiger partial charge in [0.05, 0.1) is 18.7 Å². The molecule has 1 aliphatic rings. The first-order valence-corrected chi connectivity index (χ1v) is 12.7. The van der Waals surface area contributed by atoms with E-state index in [-0.39, 0.29) is 24.1 Å². The molecule has 1 aromatic heterocycles. The predicted octanol–water partition coefficient (Wildman–Crippen LogP) is 5.24. The summed E-state index contributed by atoms with van der Waals surface area (Å²) in [6.45, 7) is 2.52. The van der Waals surface area contributed by atoms with Gasteiger partial charge < -0.3 is 19.8 Å². The van der Waals surface area contributed by atoms with Crippen LogP contribution in [0.15, 0.2) is 54.7 Å². The molecule has 2 N–H and O–H groups in total. The van der Waals surface area contributed by atoms with Gasteiger partial charge in [0, 0.05) is 24.5 Å². The summed E-state index contributed by atoms with van der Waals surface area (Å²) in [6, 6.07) is 14.2. The van der Waals surface area contributed by atoms with Crippen LogP contribution in [-0.2, 0) is 11.2 Å². The average Bonchev–Trinajstić information content (AvgIpc) is 2.87. The minimum absolute atomic E-state index is 0.0481. The number of carboxylic acid groups (broad SMARTS) is 1. The Bertz CT molecular complexity index is 1170. The third-order valence-electron chi connectivity index (χ3n) is 7.39. The summed E-state index contributed by atoms with van der Waals surface area (Å²) in [5.74, 6) is 0.0234. The minimum atomic E-state index is -0.778. The molecule has 1 saturated heterocycles. The van der Waals surface area contributed by atoms with Crippen molar-refractivity contribution in [1.29, 1.82) is 0 Å². The number of likely N-dealkylation sites (tertiary alicyclic amines) is 1. The summed E-state index contributed by atoms with van der Waals surface area (Å²) >= 11 is 0. The van der Waals surface area contributed by atoms with Gasteiger partial charge >= 0.3 is 5.97 Å². The van der Waals surface area contributed by atoms with E-state index < -0.39 is 12.1 Å². The second-order valence-corrected chi connectivity index (χ2v) is 9.82. The van der Waals surface area contributed by atoms with E-state index in [4.69, 9.17) is 4.74 Å². The van der Waals surface area contributed by atoms with Crippen molar-refractivity contribution in [1.82, 2.24) is 9.88 Å². The number of hydrogen-bond acceptors (Lipinski definition) is 5. The summed E-state index contributed by atoms with van der Waals surface area (Å²) in [7, 11) is 1.62. The molecule has 36 heavy (non-hydrogen) atoms. The first-order valence-electron chi connectivity index (χ1n) is 12.7. The predicted molar refractivity (Wildman–Crippen MR) is 137 cm³/mol. The van der Waals surface area contributed by atoms with Crippen molar-refractivity contribution in [2.75, 3.05) is 26.7 Å². The minimum Gasteiger partial charge on any atom is -0.497 e. The van der Waals surface area contributed by atoms with Gasteiger partial charge in [-0.05, 0) is 105 Å². The van der Waals surface area contributed by atoms with Gasteiger partial charge in [-0.25, -0.2) is 4.39 Å². The number of aryl methyl sites for hydroxylation is 1. The second kappa shape index (κ2) is 12.3. The van der Waals surface area contributed by atoms with E-state index >= 15 is 0 Å². The number of aliphatic hydroxyl groups is 1. The number of aliphatic hydroxyl groups excluding tert-OH is 1. The molecule has 0 aliphatic carbocycles. The zero-order chi connectivity index (χ0) is 25.5. The number of nitrogens with zero attached hydrogens (tertiary/aromatic N) is 2. The Hall–Kier alpha value is -3.03. The molecule has 3 atom stereocenters. The van der Waals surface area contributed by atoms with E-state index in [0.29, 0.717) is 6.42 Å². The van der Waals surface area contributed by atoms with E-state index in [1.165, 1.54) is 6.07 Å². The molecular formula is C29H35FN2O4. The zero-order valence-corrected chi connectivity index (χ0v) is 20.8. The van der Waals surface area contributed by atoms with Crippen LogP contribution < -0.4 is 4.74 Å². The number of pyridine rings is 1. The van der Waals surface area contributed by atoms with Crippen LogP contribution in [0.2, 0.25) is 0 Å². The van der Waals surface area contributed by atoms with Crippen LogP contribution in [-0.4, -0.2) is 52.8 Å². The molecule has 4 rings (SSSR count). The number of rotatable bonds is 11. The number of ether oxygens (including phenoxy) is 1. The Morgan fingerprint density at radius 2 is 2.08 bits per heavy atom. The number of benzene rings is 2. The van der Waals surface area contributed by atoms with Crippen molar-refractivity contribution < 1.29 is 24.1 Å². The highest BCUT2D eigenvalue weighted by Crippen LogP contribution is 2.34. The number of halogens is 1. The molecule has 192 valence electrons. The van der Waals surface area contributed by atoms with E-state index in [1.54, 1.807) is 25.4 Å². The Balaban J connectivity index is 1.34. The quantitative estimate of drug-likeness (QED) is 0.379. The molecule has 0 amide bonds. The van der Waals surface area contributed by atoms with E-state index in [2.05, 4.69) is 9.88 Å². The van der Waals surface area contributed by atoms with Crippen molar-refractivity contribution in [2.24, 2.45) is 11.8 Å². The molecule has 2 aromatic carbocycles. The third-order valence-corrected chi connectivity index (χ3v) is 7.39. The number of carbonyl (C=O) groups is 1. The molecule has 0 bridgehead atoms. The SMILES string of the molecule is COc1ccc2nccc([C@H](O)CC[C@@H]3CCN(CCCc4cccc(F)c4)C[C@@H]3CC(=O)O)c2c1. The summed E-state index contributed by atoms with van der Waals surface area (Å²) in [5.41, 5.74) is 2.62. The fraction of sp³-hybridized carbons (Fsp3) is 0.448.